The maximum Gasteiger partial charge on any atom is 2.00 e. The van der Waals surface area contributed by atoms with E-state index in [0.717, 1.165) is 0 Å². The molecule has 0 aromatic rings. The summed E-state index contributed by atoms with van der Waals surface area (Å²) in [6.45, 7) is 0. The average molecular weight is 343 g/mol. The second-order valence-corrected chi connectivity index (χ2v) is 0.750. The molecule has 0 saturated carbocycles. The third-order valence-corrected chi connectivity index (χ3v) is 0. The van der Waals surface area contributed by atoms with E-state index in [-0.39, 0.29) is 103 Å². The van der Waals surface area contributed by atoms with E-state index < -0.39 is 18.5 Å². The predicted octanol–water partition coefficient (Wildman–Crippen LogP) is -13.3. The monoisotopic (exact) mass is 342 g/mol. The summed E-state index contributed by atoms with van der Waals surface area (Å²) in [5.74, 6) is 0. The Kier molecular flexibility index (Phi) is 97.9. The maximum atomic E-state index is 8.33. The van der Waals surface area contributed by atoms with E-state index >= 15 is 0 Å². The van der Waals surface area contributed by atoms with Gasteiger partial charge >= 0.3 is 103 Å². The van der Waals surface area contributed by atoms with Gasteiger partial charge in [0.1, 0.15) is 0 Å². The first-order valence-corrected chi connectivity index (χ1v) is 1.84. The van der Waals surface area contributed by atoms with Gasteiger partial charge in [-0.15, -0.1) is 0 Å². The Morgan fingerprint density at radius 3 is 0.562 bits per heavy atom. The molecule has 0 aliphatic carbocycles. The van der Waals surface area contributed by atoms with Gasteiger partial charge in [-0.2, -0.15) is 0 Å². The smallest absolute Gasteiger partial charge is 0.652 e. The molecule has 0 saturated heterocycles. The van der Waals surface area contributed by atoms with E-state index in [1.807, 2.05) is 0 Å². The Morgan fingerprint density at radius 2 is 0.562 bits per heavy atom. The van der Waals surface area contributed by atoms with E-state index in [2.05, 4.69) is 0 Å². The van der Waals surface area contributed by atoms with Gasteiger partial charge in [-0.05, 0) is 18.5 Å². The summed E-state index contributed by atoms with van der Waals surface area (Å²) in [4.78, 5) is 25.0. The first-order valence-electron chi connectivity index (χ1n) is 1.84. The fraction of sp³-hybridized carbons (Fsp3) is 0. The minimum absolute atomic E-state index is 0. The Morgan fingerprint density at radius 1 is 0.562 bits per heavy atom. The van der Waals surface area contributed by atoms with Crippen molar-refractivity contribution in [2.45, 2.75) is 0 Å². The summed E-state index contributed by atoms with van der Waals surface area (Å²) in [6, 6.07) is 0. The van der Waals surface area contributed by atoms with E-state index in [1.54, 1.807) is 0 Å². The summed E-state index contributed by atoms with van der Waals surface area (Å²) in [6.07, 6.45) is -7.00. The molecule has 13 heteroatoms. The Hall–Kier alpha value is 1.03. The topological polar surface area (TPSA) is 190 Å². The Bertz CT molecular complexity index is 126. The molecule has 0 rings (SSSR count). The molecule has 0 amide bonds. The minimum atomic E-state index is -2.33. The third kappa shape index (κ3) is 2780. The van der Waals surface area contributed by atoms with Crippen LogP contribution in [-0.4, -0.2) is 18.5 Å². The molecule has 0 aliphatic heterocycles. The predicted molar refractivity (Wildman–Crippen MR) is 16.2 cm³/mol. The Balaban J connectivity index is -0.0000000135. The molecule has 0 atom stereocenters. The van der Waals surface area contributed by atoms with Crippen LogP contribution in [0.15, 0.2) is 0 Å². The van der Waals surface area contributed by atoms with Crippen LogP contribution < -0.4 is 101 Å². The number of hydrogen-bond donors (Lipinski definition) is 0. The number of carboxylic acid groups (broad SMARTS) is 6. The van der Waals surface area contributed by atoms with Crippen LogP contribution in [-0.2, 0) is 33.0 Å². The van der Waals surface area contributed by atoms with Gasteiger partial charge in [0, 0.05) is 0 Å². The van der Waals surface area contributed by atoms with E-state index in [9.17, 15) is 0 Å². The van der Waals surface area contributed by atoms with Crippen molar-refractivity contribution >= 4 is 18.5 Å². The van der Waals surface area contributed by atoms with Crippen LogP contribution in [0.1, 0.15) is 0 Å². The van der Waals surface area contributed by atoms with Crippen molar-refractivity contribution in [2.75, 3.05) is 0 Å². The van der Waals surface area contributed by atoms with Gasteiger partial charge in [-0.1, -0.05) is 0 Å². The fourth-order valence-electron chi connectivity index (χ4n) is 0. The number of carbonyl (C=O) groups is 3. The molecule has 0 spiro atoms. The average Bonchev–Trinajstić information content (AvgIpc) is 1.54. The van der Waals surface area contributed by atoms with Gasteiger partial charge in [0.05, 0.1) is 0 Å². The zero-order valence-corrected chi connectivity index (χ0v) is 12.9. The summed E-state index contributed by atoms with van der Waals surface area (Å²) in [7, 11) is 0. The summed E-state index contributed by atoms with van der Waals surface area (Å²) >= 11 is 0. The van der Waals surface area contributed by atoms with Crippen molar-refractivity contribution in [3.63, 3.8) is 0 Å². The summed E-state index contributed by atoms with van der Waals surface area (Å²) < 4.78 is 0. The third-order valence-electron chi connectivity index (χ3n) is 0. The van der Waals surface area contributed by atoms with Crippen LogP contribution in [0.25, 0.3) is 0 Å². The zero-order valence-electron chi connectivity index (χ0n) is 7.81. The van der Waals surface area contributed by atoms with Crippen molar-refractivity contribution in [3.05, 3.63) is 0 Å². The van der Waals surface area contributed by atoms with Crippen molar-refractivity contribution in [2.24, 2.45) is 0 Å². The van der Waals surface area contributed by atoms with Crippen molar-refractivity contribution in [1.82, 2.24) is 0 Å². The van der Waals surface area contributed by atoms with Crippen LogP contribution in [0, 0.1) is 0 Å². The van der Waals surface area contributed by atoms with Gasteiger partial charge in [-0.25, -0.2) is 0 Å². The molecule has 0 heterocycles. The van der Waals surface area contributed by atoms with Crippen LogP contribution in [0.3, 0.4) is 0 Å². The molecule has 0 aromatic heterocycles. The molecule has 0 aliphatic rings. The normalized spacial score (nSPS) is 4.50. The second-order valence-electron chi connectivity index (χ2n) is 0.750. The standard InChI is InChI=1S/3CH2O3.K.Li.2Ni/c3*2-1(3)4;;;;/h3*(H2,2,3,4);;;;/q;;;2*+1;2*+2/p-6. The van der Waals surface area contributed by atoms with Crippen LogP contribution >= 0.6 is 0 Å². The largest absolute Gasteiger partial charge is 2.00 e. The molecule has 0 N–H and O–H groups in total. The van der Waals surface area contributed by atoms with Crippen LogP contribution in [0.2, 0.25) is 0 Å². The van der Waals surface area contributed by atoms with Crippen LogP contribution in [0.4, 0.5) is 14.4 Å². The van der Waals surface area contributed by atoms with Gasteiger partial charge < -0.3 is 45.0 Å². The minimum Gasteiger partial charge on any atom is -0.652 e. The quantitative estimate of drug-likeness (QED) is 0.384. The Labute approximate surface area is 164 Å². The van der Waals surface area contributed by atoms with Crippen molar-refractivity contribution in [3.8, 4) is 0 Å². The number of rotatable bonds is 0. The molecule has 0 aromatic carbocycles. The van der Waals surface area contributed by atoms with Gasteiger partial charge in [0.25, 0.3) is 0 Å². The molecule has 0 fully saturated rings. The SMILES string of the molecule is O=C([O-])[O-].O=C([O-])[O-].O=C([O-])[O-].[K+].[Li+].[Ni+2].[Ni+2]. The summed E-state index contributed by atoms with van der Waals surface area (Å²) in [5, 5.41) is 50.0. The molecule has 0 unspecified atom stereocenters. The molecule has 9 nitrogen and oxygen atoms in total. The molecular formula is C3KLiNi2O9. The van der Waals surface area contributed by atoms with Gasteiger partial charge in [0.15, 0.2) is 0 Å². The first kappa shape index (κ1) is 43.5. The molecule has 0 bridgehead atoms. The van der Waals surface area contributed by atoms with Crippen LogP contribution in [0.5, 0.6) is 0 Å². The first-order chi connectivity index (χ1) is 5.20. The van der Waals surface area contributed by atoms with E-state index in [4.69, 9.17) is 45.0 Å². The van der Waals surface area contributed by atoms with Gasteiger partial charge in [0.2, 0.25) is 0 Å². The summed E-state index contributed by atoms with van der Waals surface area (Å²) in [5.41, 5.74) is 0. The maximum absolute atomic E-state index is 8.33. The van der Waals surface area contributed by atoms with E-state index in [0.29, 0.717) is 0 Å². The van der Waals surface area contributed by atoms with Crippen molar-refractivity contribution in [1.29, 1.82) is 0 Å². The molecular weight excluding hydrogens is 343 g/mol. The van der Waals surface area contributed by atoms with E-state index in [1.165, 1.54) is 0 Å². The molecule has 16 heavy (non-hydrogen) atoms. The molecule has 88 valence electrons. The number of hydrogen-bond acceptors (Lipinski definition) is 9. The zero-order chi connectivity index (χ0) is 10.7. The number of carbonyl (C=O) groups excluding carboxylic acids is 3. The molecule has 0 radical (unpaired) electrons. The van der Waals surface area contributed by atoms with Gasteiger partial charge in [-0.3, -0.25) is 0 Å². The van der Waals surface area contributed by atoms with Crippen molar-refractivity contribution < 1.29 is 148 Å². The second kappa shape index (κ2) is 36.0. The fourth-order valence-corrected chi connectivity index (χ4v) is 0.